The normalized spacial score (nSPS) is 18.9. The first-order valence-electron chi connectivity index (χ1n) is 7.11. The zero-order valence-electron chi connectivity index (χ0n) is 12.1. The number of methoxy groups -OCH3 is 1. The lowest BCUT2D eigenvalue weighted by molar-refractivity contribution is 0.161. The Bertz CT molecular complexity index is 410. The molecule has 5 heteroatoms. The van der Waals surface area contributed by atoms with E-state index in [-0.39, 0.29) is 0 Å². The van der Waals surface area contributed by atoms with Gasteiger partial charge in [-0.1, -0.05) is 6.92 Å². The van der Waals surface area contributed by atoms with Crippen LogP contribution in [0.15, 0.2) is 6.33 Å². The lowest BCUT2D eigenvalue weighted by Crippen LogP contribution is -2.24. The van der Waals surface area contributed by atoms with Crippen molar-refractivity contribution in [3.63, 3.8) is 0 Å². The monoisotopic (exact) mass is 264 g/mol. The van der Waals surface area contributed by atoms with Crippen LogP contribution >= 0.6 is 0 Å². The predicted molar refractivity (Wildman–Crippen MR) is 77.8 cm³/mol. The molecule has 1 fully saturated rings. The summed E-state index contributed by atoms with van der Waals surface area (Å²) in [6.07, 6.45) is 3.79. The van der Waals surface area contributed by atoms with Crippen LogP contribution in [0.4, 0.5) is 11.6 Å². The molecule has 0 aromatic carbocycles. The minimum absolute atomic E-state index is 0.618. The highest BCUT2D eigenvalue weighted by Crippen LogP contribution is 2.28. The van der Waals surface area contributed by atoms with Crippen LogP contribution in [0.1, 0.15) is 25.8 Å². The van der Waals surface area contributed by atoms with Crippen molar-refractivity contribution in [1.82, 2.24) is 9.97 Å². The standard InChI is InChI=1S/C14H24N4O/c1-4-12-13(15-5-2)16-10-17-14(12)18-7-6-11(8-18)9-19-3/h10-11H,4-9H2,1-3H3,(H,15,16,17). The van der Waals surface area contributed by atoms with E-state index in [2.05, 4.69) is 34.0 Å². The summed E-state index contributed by atoms with van der Waals surface area (Å²) in [5.74, 6) is 2.68. The fourth-order valence-corrected chi connectivity index (χ4v) is 2.72. The van der Waals surface area contributed by atoms with Gasteiger partial charge < -0.3 is 15.0 Å². The van der Waals surface area contributed by atoms with Crippen molar-refractivity contribution in [2.75, 3.05) is 43.6 Å². The van der Waals surface area contributed by atoms with Gasteiger partial charge in [0, 0.05) is 38.2 Å². The Morgan fingerprint density at radius 2 is 2.26 bits per heavy atom. The van der Waals surface area contributed by atoms with E-state index in [4.69, 9.17) is 4.74 Å². The lowest BCUT2D eigenvalue weighted by Gasteiger charge is -2.21. The summed E-state index contributed by atoms with van der Waals surface area (Å²) in [7, 11) is 1.77. The quantitative estimate of drug-likeness (QED) is 0.851. The third-order valence-corrected chi connectivity index (χ3v) is 3.61. The Kier molecular flexibility index (Phi) is 4.96. The second-order valence-electron chi connectivity index (χ2n) is 4.96. The Balaban J connectivity index is 2.18. The van der Waals surface area contributed by atoms with Crippen molar-refractivity contribution < 1.29 is 4.74 Å². The summed E-state index contributed by atoms with van der Waals surface area (Å²) in [6, 6.07) is 0. The van der Waals surface area contributed by atoms with Gasteiger partial charge in [-0.25, -0.2) is 9.97 Å². The second kappa shape index (κ2) is 6.70. The first-order chi connectivity index (χ1) is 9.30. The maximum atomic E-state index is 5.26. The van der Waals surface area contributed by atoms with Crippen LogP contribution < -0.4 is 10.2 Å². The van der Waals surface area contributed by atoms with Gasteiger partial charge in [0.05, 0.1) is 6.61 Å². The SMILES string of the molecule is CCNc1ncnc(N2CCC(COC)C2)c1CC. The topological polar surface area (TPSA) is 50.3 Å². The Labute approximate surface area is 115 Å². The molecule has 0 aliphatic carbocycles. The Hall–Kier alpha value is -1.36. The fourth-order valence-electron chi connectivity index (χ4n) is 2.72. The van der Waals surface area contributed by atoms with Crippen LogP contribution in [-0.4, -0.2) is 43.3 Å². The number of hydrogen-bond donors (Lipinski definition) is 1. The van der Waals surface area contributed by atoms with Crippen molar-refractivity contribution in [2.45, 2.75) is 26.7 Å². The molecule has 1 aromatic heterocycles. The fraction of sp³-hybridized carbons (Fsp3) is 0.714. The number of ether oxygens (including phenoxy) is 1. The maximum absolute atomic E-state index is 5.26. The van der Waals surface area contributed by atoms with Gasteiger partial charge in [-0.3, -0.25) is 0 Å². The molecule has 2 heterocycles. The van der Waals surface area contributed by atoms with Crippen LogP contribution in [0, 0.1) is 5.92 Å². The van der Waals surface area contributed by atoms with Crippen molar-refractivity contribution in [3.8, 4) is 0 Å². The maximum Gasteiger partial charge on any atom is 0.137 e. The molecule has 19 heavy (non-hydrogen) atoms. The van der Waals surface area contributed by atoms with Crippen molar-refractivity contribution in [1.29, 1.82) is 0 Å². The smallest absolute Gasteiger partial charge is 0.137 e. The molecule has 106 valence electrons. The van der Waals surface area contributed by atoms with Crippen LogP contribution in [-0.2, 0) is 11.2 Å². The molecule has 0 saturated carbocycles. The molecule has 2 rings (SSSR count). The van der Waals surface area contributed by atoms with Crippen molar-refractivity contribution >= 4 is 11.6 Å². The van der Waals surface area contributed by atoms with Crippen molar-refractivity contribution in [2.24, 2.45) is 5.92 Å². The predicted octanol–water partition coefficient (Wildman–Crippen LogP) is 1.94. The average Bonchev–Trinajstić information content (AvgIpc) is 2.88. The first kappa shape index (κ1) is 14.1. The van der Waals surface area contributed by atoms with Gasteiger partial charge in [-0.05, 0) is 19.8 Å². The molecule has 1 unspecified atom stereocenters. The number of rotatable bonds is 6. The van der Waals surface area contributed by atoms with Crippen LogP contribution in [0.2, 0.25) is 0 Å². The Morgan fingerprint density at radius 3 is 2.95 bits per heavy atom. The van der Waals surface area contributed by atoms with E-state index < -0.39 is 0 Å². The lowest BCUT2D eigenvalue weighted by atomic mass is 10.1. The van der Waals surface area contributed by atoms with Crippen LogP contribution in [0.25, 0.3) is 0 Å². The van der Waals surface area contributed by atoms with Gasteiger partial charge in [0.25, 0.3) is 0 Å². The Morgan fingerprint density at radius 1 is 1.42 bits per heavy atom. The summed E-state index contributed by atoms with van der Waals surface area (Å²) >= 11 is 0. The number of nitrogens with one attached hydrogen (secondary N) is 1. The van der Waals surface area contributed by atoms with Crippen LogP contribution in [0.5, 0.6) is 0 Å². The molecular formula is C14H24N4O. The molecule has 1 saturated heterocycles. The third kappa shape index (κ3) is 3.15. The zero-order chi connectivity index (χ0) is 13.7. The van der Waals surface area contributed by atoms with Crippen LogP contribution in [0.3, 0.4) is 0 Å². The van der Waals surface area contributed by atoms with Gasteiger partial charge in [0.15, 0.2) is 0 Å². The number of aromatic nitrogens is 2. The summed E-state index contributed by atoms with van der Waals surface area (Å²) in [5, 5.41) is 3.32. The molecule has 0 radical (unpaired) electrons. The minimum atomic E-state index is 0.618. The highest BCUT2D eigenvalue weighted by Gasteiger charge is 2.25. The molecule has 1 atom stereocenters. The largest absolute Gasteiger partial charge is 0.384 e. The summed E-state index contributed by atoms with van der Waals surface area (Å²) in [4.78, 5) is 11.2. The molecule has 0 bridgehead atoms. The molecule has 1 aliphatic heterocycles. The van der Waals surface area contributed by atoms with E-state index in [0.717, 1.165) is 44.3 Å². The van der Waals surface area contributed by atoms with Gasteiger partial charge in [-0.2, -0.15) is 0 Å². The molecule has 1 N–H and O–H groups in total. The number of anilines is 2. The number of nitrogens with zero attached hydrogens (tertiary/aromatic N) is 3. The average molecular weight is 264 g/mol. The van der Waals surface area contributed by atoms with Gasteiger partial charge in [-0.15, -0.1) is 0 Å². The van der Waals surface area contributed by atoms with E-state index in [1.54, 1.807) is 13.4 Å². The summed E-state index contributed by atoms with van der Waals surface area (Å²) < 4.78 is 5.26. The molecule has 1 aromatic rings. The minimum Gasteiger partial charge on any atom is -0.384 e. The van der Waals surface area contributed by atoms with E-state index >= 15 is 0 Å². The molecular weight excluding hydrogens is 240 g/mol. The molecule has 0 spiro atoms. The van der Waals surface area contributed by atoms with Gasteiger partial charge >= 0.3 is 0 Å². The van der Waals surface area contributed by atoms with E-state index in [0.29, 0.717) is 5.92 Å². The highest BCUT2D eigenvalue weighted by atomic mass is 16.5. The third-order valence-electron chi connectivity index (χ3n) is 3.61. The molecule has 0 amide bonds. The number of hydrogen-bond acceptors (Lipinski definition) is 5. The zero-order valence-corrected chi connectivity index (χ0v) is 12.1. The molecule has 5 nitrogen and oxygen atoms in total. The van der Waals surface area contributed by atoms with E-state index in [1.807, 2.05) is 0 Å². The summed E-state index contributed by atoms with van der Waals surface area (Å²) in [5.41, 5.74) is 1.22. The van der Waals surface area contributed by atoms with Crippen molar-refractivity contribution in [3.05, 3.63) is 11.9 Å². The first-order valence-corrected chi connectivity index (χ1v) is 7.11. The van der Waals surface area contributed by atoms with Gasteiger partial charge in [0.1, 0.15) is 18.0 Å². The highest BCUT2D eigenvalue weighted by molar-refractivity contribution is 5.59. The van der Waals surface area contributed by atoms with E-state index in [9.17, 15) is 0 Å². The van der Waals surface area contributed by atoms with E-state index in [1.165, 1.54) is 12.0 Å². The van der Waals surface area contributed by atoms with Gasteiger partial charge in [0.2, 0.25) is 0 Å². The summed E-state index contributed by atoms with van der Waals surface area (Å²) in [6.45, 7) is 8.06. The second-order valence-corrected chi connectivity index (χ2v) is 4.96. The molecule has 1 aliphatic rings.